The fourth-order valence-corrected chi connectivity index (χ4v) is 5.82. The van der Waals surface area contributed by atoms with Gasteiger partial charge in [0.2, 0.25) is 0 Å². The van der Waals surface area contributed by atoms with Gasteiger partial charge in [-0.25, -0.2) is 13.9 Å². The monoisotopic (exact) mass is 444 g/mol. The van der Waals surface area contributed by atoms with Crippen molar-refractivity contribution in [2.45, 2.75) is 57.8 Å². The maximum atomic E-state index is 13.1. The summed E-state index contributed by atoms with van der Waals surface area (Å²) in [6.45, 7) is 2.74. The number of hydrogen-bond acceptors (Lipinski definition) is 5. The number of anilines is 1. The molecule has 0 amide bonds. The maximum Gasteiger partial charge on any atom is 0.417 e. The zero-order valence-electron chi connectivity index (χ0n) is 17.6. The highest BCUT2D eigenvalue weighted by atomic mass is 19.4. The molecular formula is C22H23F3N6O. The fraction of sp³-hybridized carbons (Fsp3) is 0.545. The van der Waals surface area contributed by atoms with Crippen molar-refractivity contribution in [1.29, 1.82) is 0 Å². The van der Waals surface area contributed by atoms with Gasteiger partial charge in [0, 0.05) is 43.2 Å². The summed E-state index contributed by atoms with van der Waals surface area (Å²) in [4.78, 5) is 23.7. The molecule has 0 N–H and O–H groups in total. The van der Waals surface area contributed by atoms with E-state index in [2.05, 4.69) is 15.1 Å². The first kappa shape index (κ1) is 19.8. The molecule has 1 aliphatic heterocycles. The second kappa shape index (κ2) is 6.79. The highest BCUT2D eigenvalue weighted by molar-refractivity contribution is 5.52. The van der Waals surface area contributed by atoms with Gasteiger partial charge in [-0.2, -0.15) is 18.2 Å². The van der Waals surface area contributed by atoms with Crippen LogP contribution in [-0.2, 0) is 19.1 Å². The van der Waals surface area contributed by atoms with Gasteiger partial charge in [-0.15, -0.1) is 5.10 Å². The van der Waals surface area contributed by atoms with Crippen LogP contribution in [0.25, 0.3) is 5.78 Å². The third-order valence-electron chi connectivity index (χ3n) is 7.38. The van der Waals surface area contributed by atoms with E-state index in [1.807, 2.05) is 11.8 Å². The molecule has 3 unspecified atom stereocenters. The van der Waals surface area contributed by atoms with Crippen LogP contribution in [0.4, 0.5) is 19.0 Å². The zero-order valence-corrected chi connectivity index (χ0v) is 17.6. The molecule has 2 saturated carbocycles. The largest absolute Gasteiger partial charge is 0.417 e. The summed E-state index contributed by atoms with van der Waals surface area (Å²) in [6, 6.07) is 1.32. The standard InChI is InChI=1S/C22H23F3N6O/c1-12-10-30-20(28-31(21(30)32)18-7-13-2-3-14(18)6-13)27-19(12)29-5-4-17-15(11-29)8-16(9-26-17)22(23,24)25/h8-10,13-14,18H,2-7,11H2,1H3. The van der Waals surface area contributed by atoms with Gasteiger partial charge in [-0.1, -0.05) is 6.42 Å². The third-order valence-corrected chi connectivity index (χ3v) is 7.38. The van der Waals surface area contributed by atoms with Crippen LogP contribution in [0.15, 0.2) is 23.3 Å². The number of pyridine rings is 1. The molecule has 6 rings (SSSR count). The van der Waals surface area contributed by atoms with Gasteiger partial charge in [0.1, 0.15) is 5.82 Å². The molecule has 0 aromatic carbocycles. The highest BCUT2D eigenvalue weighted by Crippen LogP contribution is 2.50. The van der Waals surface area contributed by atoms with Gasteiger partial charge in [0.25, 0.3) is 5.78 Å². The first-order valence-electron chi connectivity index (χ1n) is 11.1. The Bertz CT molecular complexity index is 1280. The summed E-state index contributed by atoms with van der Waals surface area (Å²) in [5.74, 6) is 2.18. The Kier molecular flexibility index (Phi) is 4.19. The van der Waals surface area contributed by atoms with Gasteiger partial charge < -0.3 is 4.90 Å². The number of halogens is 3. The van der Waals surface area contributed by atoms with E-state index >= 15 is 0 Å². The van der Waals surface area contributed by atoms with Crippen LogP contribution < -0.4 is 10.6 Å². The molecule has 7 nitrogen and oxygen atoms in total. The minimum Gasteiger partial charge on any atom is -0.351 e. The van der Waals surface area contributed by atoms with Crippen molar-refractivity contribution in [2.75, 3.05) is 11.4 Å². The van der Waals surface area contributed by atoms with Crippen molar-refractivity contribution < 1.29 is 13.2 Å². The zero-order chi connectivity index (χ0) is 22.2. The molecule has 0 spiro atoms. The second-order valence-electron chi connectivity index (χ2n) is 9.39. The van der Waals surface area contributed by atoms with E-state index in [-0.39, 0.29) is 18.3 Å². The molecule has 3 aliphatic rings. The highest BCUT2D eigenvalue weighted by Gasteiger charge is 2.42. The average Bonchev–Trinajstić information content (AvgIpc) is 3.47. The van der Waals surface area contributed by atoms with Crippen LogP contribution >= 0.6 is 0 Å². The molecule has 2 fully saturated rings. The van der Waals surface area contributed by atoms with Gasteiger partial charge in [0.05, 0.1) is 11.6 Å². The first-order chi connectivity index (χ1) is 15.3. The van der Waals surface area contributed by atoms with Gasteiger partial charge in [-0.3, -0.25) is 4.98 Å². The first-order valence-corrected chi connectivity index (χ1v) is 11.1. The van der Waals surface area contributed by atoms with Crippen molar-refractivity contribution >= 4 is 11.6 Å². The molecule has 2 aliphatic carbocycles. The van der Waals surface area contributed by atoms with Gasteiger partial charge >= 0.3 is 11.9 Å². The lowest BCUT2D eigenvalue weighted by Gasteiger charge is -2.30. The van der Waals surface area contributed by atoms with E-state index in [0.29, 0.717) is 47.7 Å². The summed E-state index contributed by atoms with van der Waals surface area (Å²) in [5.41, 5.74) is 1.12. The van der Waals surface area contributed by atoms with Crippen molar-refractivity contribution in [2.24, 2.45) is 11.8 Å². The van der Waals surface area contributed by atoms with Crippen molar-refractivity contribution in [3.8, 4) is 0 Å². The molecular weight excluding hydrogens is 421 g/mol. The second-order valence-corrected chi connectivity index (χ2v) is 9.39. The number of fused-ring (bicyclic) bond motifs is 4. The Hall–Kier alpha value is -2.91. The van der Waals surface area contributed by atoms with Crippen LogP contribution in [0.5, 0.6) is 0 Å². The van der Waals surface area contributed by atoms with E-state index < -0.39 is 11.7 Å². The Labute approximate surface area is 181 Å². The van der Waals surface area contributed by atoms with Crippen molar-refractivity contribution in [1.82, 2.24) is 24.1 Å². The minimum absolute atomic E-state index is 0.139. The Morgan fingerprint density at radius 3 is 2.75 bits per heavy atom. The summed E-state index contributed by atoms with van der Waals surface area (Å²) in [7, 11) is 0. The van der Waals surface area contributed by atoms with Crippen LogP contribution in [-0.4, -0.2) is 30.7 Å². The Morgan fingerprint density at radius 2 is 2.03 bits per heavy atom. The molecule has 32 heavy (non-hydrogen) atoms. The number of nitrogens with zero attached hydrogens (tertiary/aromatic N) is 6. The summed E-state index contributed by atoms with van der Waals surface area (Å²) < 4.78 is 42.5. The topological polar surface area (TPSA) is 68.3 Å². The predicted molar refractivity (Wildman–Crippen MR) is 110 cm³/mol. The molecule has 3 atom stereocenters. The average molecular weight is 444 g/mol. The Morgan fingerprint density at radius 1 is 1.19 bits per heavy atom. The normalized spacial score (nSPS) is 25.0. The van der Waals surface area contributed by atoms with Crippen LogP contribution in [0.1, 0.15) is 54.1 Å². The quantitative estimate of drug-likeness (QED) is 0.605. The lowest BCUT2D eigenvalue weighted by molar-refractivity contribution is -0.137. The van der Waals surface area contributed by atoms with E-state index in [4.69, 9.17) is 0 Å². The number of hydrogen-bond donors (Lipinski definition) is 0. The van der Waals surface area contributed by atoms with Crippen LogP contribution in [0.2, 0.25) is 0 Å². The van der Waals surface area contributed by atoms with Crippen molar-refractivity contribution in [3.05, 3.63) is 51.3 Å². The summed E-state index contributed by atoms with van der Waals surface area (Å²) in [6.07, 6.45) is 3.31. The van der Waals surface area contributed by atoms with E-state index in [1.54, 1.807) is 10.9 Å². The van der Waals surface area contributed by atoms with Gasteiger partial charge in [-0.05, 0) is 49.7 Å². The SMILES string of the molecule is Cc1cn2c(=O)n(C3CC4CCC3C4)nc2nc1N1CCc2ncc(C(F)(F)F)cc2C1. The Balaban J connectivity index is 1.35. The van der Waals surface area contributed by atoms with E-state index in [0.717, 1.165) is 24.6 Å². The molecule has 168 valence electrons. The molecule has 4 heterocycles. The summed E-state index contributed by atoms with van der Waals surface area (Å²) in [5, 5.41) is 4.57. The number of aryl methyl sites for hydroxylation is 1. The molecule has 3 aromatic rings. The van der Waals surface area contributed by atoms with Crippen LogP contribution in [0, 0.1) is 18.8 Å². The summed E-state index contributed by atoms with van der Waals surface area (Å²) >= 11 is 0. The molecule has 10 heteroatoms. The predicted octanol–water partition coefficient (Wildman–Crippen LogP) is 3.54. The molecule has 0 saturated heterocycles. The third kappa shape index (κ3) is 3.02. The molecule has 3 aromatic heterocycles. The lowest BCUT2D eigenvalue weighted by Crippen LogP contribution is -2.33. The number of rotatable bonds is 2. The fourth-order valence-electron chi connectivity index (χ4n) is 5.82. The van der Waals surface area contributed by atoms with Crippen molar-refractivity contribution in [3.63, 3.8) is 0 Å². The lowest BCUT2D eigenvalue weighted by atomic mass is 9.96. The van der Waals surface area contributed by atoms with E-state index in [1.165, 1.54) is 23.3 Å². The number of aromatic nitrogens is 5. The van der Waals surface area contributed by atoms with Gasteiger partial charge in [0.15, 0.2) is 0 Å². The molecule has 2 bridgehead atoms. The maximum absolute atomic E-state index is 13.1. The van der Waals surface area contributed by atoms with E-state index in [9.17, 15) is 18.0 Å². The van der Waals surface area contributed by atoms with Crippen LogP contribution in [0.3, 0.4) is 0 Å². The smallest absolute Gasteiger partial charge is 0.351 e. The number of alkyl halides is 3. The minimum atomic E-state index is -4.43. The molecule has 0 radical (unpaired) electrons.